The lowest BCUT2D eigenvalue weighted by Crippen LogP contribution is -2.31. The van der Waals surface area contributed by atoms with Crippen LogP contribution in [0.4, 0.5) is 0 Å². The molecule has 2 N–H and O–H groups in total. The molecule has 0 saturated carbocycles. The van der Waals surface area contributed by atoms with Crippen molar-refractivity contribution in [3.05, 3.63) is 35.4 Å². The van der Waals surface area contributed by atoms with Crippen molar-refractivity contribution in [1.82, 2.24) is 4.90 Å². The maximum Gasteiger partial charge on any atom is 0.222 e. The van der Waals surface area contributed by atoms with Crippen LogP contribution in [0.15, 0.2) is 24.3 Å². The zero-order chi connectivity index (χ0) is 12.3. The third kappa shape index (κ3) is 4.00. The fraction of sp³-hybridized carbons (Fsp3) is 0.500. The molecule has 1 aromatic carbocycles. The van der Waals surface area contributed by atoms with Crippen LogP contribution in [-0.2, 0) is 11.2 Å². The second kappa shape index (κ2) is 6.76. The van der Waals surface area contributed by atoms with Gasteiger partial charge in [-0.05, 0) is 25.3 Å². The van der Waals surface area contributed by atoms with Crippen LogP contribution in [0.3, 0.4) is 0 Å². The molecule has 1 aliphatic heterocycles. The number of carbonyl (C=O) groups is 1. The summed E-state index contributed by atoms with van der Waals surface area (Å²) in [6.07, 6.45) is 2.36. The van der Waals surface area contributed by atoms with Crippen molar-refractivity contribution in [2.45, 2.75) is 32.2 Å². The molecule has 0 aliphatic carbocycles. The molecule has 18 heavy (non-hydrogen) atoms. The van der Waals surface area contributed by atoms with Crippen LogP contribution in [0.5, 0.6) is 0 Å². The number of nitrogens with two attached hydrogens (primary N) is 1. The monoisotopic (exact) mass is 268 g/mol. The molecule has 1 aliphatic rings. The Morgan fingerprint density at radius 2 is 2.06 bits per heavy atom. The van der Waals surface area contributed by atoms with Crippen LogP contribution in [0.1, 0.15) is 24.0 Å². The van der Waals surface area contributed by atoms with Crippen molar-refractivity contribution in [2.24, 2.45) is 5.73 Å². The van der Waals surface area contributed by atoms with E-state index in [1.165, 1.54) is 11.1 Å². The highest BCUT2D eigenvalue weighted by molar-refractivity contribution is 5.85. The van der Waals surface area contributed by atoms with Crippen LogP contribution in [-0.4, -0.2) is 29.9 Å². The Morgan fingerprint density at radius 3 is 2.61 bits per heavy atom. The summed E-state index contributed by atoms with van der Waals surface area (Å²) in [6, 6.07) is 8.55. The largest absolute Gasteiger partial charge is 0.341 e. The average Bonchev–Trinajstić information content (AvgIpc) is 2.75. The van der Waals surface area contributed by atoms with Crippen LogP contribution < -0.4 is 5.73 Å². The van der Waals surface area contributed by atoms with E-state index in [1.54, 1.807) is 0 Å². The van der Waals surface area contributed by atoms with E-state index >= 15 is 0 Å². The standard InChI is InChI=1S/C14H20N2O.ClH/c1-11-2-4-12(5-3-11)6-7-14(17)16-9-8-13(15)10-16;/h2-5,13H,6-10,15H2,1H3;1H/t13-;/m0./s1. The molecule has 1 saturated heterocycles. The third-order valence-corrected chi connectivity index (χ3v) is 3.33. The number of aryl methyl sites for hydroxylation is 2. The summed E-state index contributed by atoms with van der Waals surface area (Å²) in [5, 5.41) is 0. The molecule has 0 radical (unpaired) electrons. The van der Waals surface area contributed by atoms with Crippen LogP contribution in [0, 0.1) is 6.92 Å². The van der Waals surface area contributed by atoms with Gasteiger partial charge in [-0.1, -0.05) is 29.8 Å². The number of rotatable bonds is 3. The van der Waals surface area contributed by atoms with Gasteiger partial charge in [-0.15, -0.1) is 12.4 Å². The van der Waals surface area contributed by atoms with Gasteiger partial charge < -0.3 is 10.6 Å². The van der Waals surface area contributed by atoms with Gasteiger partial charge >= 0.3 is 0 Å². The van der Waals surface area contributed by atoms with Crippen molar-refractivity contribution in [2.75, 3.05) is 13.1 Å². The first-order valence-corrected chi connectivity index (χ1v) is 6.24. The lowest BCUT2D eigenvalue weighted by molar-refractivity contribution is -0.130. The molecule has 1 heterocycles. The first kappa shape index (κ1) is 15.0. The summed E-state index contributed by atoms with van der Waals surface area (Å²) in [4.78, 5) is 13.8. The van der Waals surface area contributed by atoms with Crippen LogP contribution >= 0.6 is 12.4 Å². The number of hydrogen-bond donors (Lipinski definition) is 1. The normalized spacial score (nSPS) is 18.6. The minimum absolute atomic E-state index is 0. The van der Waals surface area contributed by atoms with E-state index in [2.05, 4.69) is 31.2 Å². The maximum absolute atomic E-state index is 11.9. The van der Waals surface area contributed by atoms with Crippen molar-refractivity contribution in [1.29, 1.82) is 0 Å². The molecule has 0 unspecified atom stereocenters. The van der Waals surface area contributed by atoms with Gasteiger partial charge in [0.1, 0.15) is 0 Å². The predicted molar refractivity (Wildman–Crippen MR) is 75.9 cm³/mol. The highest BCUT2D eigenvalue weighted by Crippen LogP contribution is 2.11. The van der Waals surface area contributed by atoms with Crippen molar-refractivity contribution < 1.29 is 4.79 Å². The molecular weight excluding hydrogens is 248 g/mol. The third-order valence-electron chi connectivity index (χ3n) is 3.33. The summed E-state index contributed by atoms with van der Waals surface area (Å²) in [6.45, 7) is 3.63. The molecule has 2 rings (SSSR count). The lowest BCUT2D eigenvalue weighted by atomic mass is 10.1. The average molecular weight is 269 g/mol. The molecule has 1 atom stereocenters. The van der Waals surface area contributed by atoms with Crippen LogP contribution in [0.25, 0.3) is 0 Å². The molecule has 0 spiro atoms. The predicted octanol–water partition coefficient (Wildman–Crippen LogP) is 1.91. The van der Waals surface area contributed by atoms with Gasteiger partial charge in [0, 0.05) is 25.6 Å². The summed E-state index contributed by atoms with van der Waals surface area (Å²) in [5.41, 5.74) is 8.28. The Kier molecular flexibility index (Phi) is 5.63. The Balaban J connectivity index is 0.00000162. The SMILES string of the molecule is Cc1ccc(CCC(=O)N2CC[C@H](N)C2)cc1.Cl. The summed E-state index contributed by atoms with van der Waals surface area (Å²) < 4.78 is 0. The second-order valence-electron chi connectivity index (χ2n) is 4.87. The second-order valence-corrected chi connectivity index (χ2v) is 4.87. The Labute approximate surface area is 115 Å². The van der Waals surface area contributed by atoms with E-state index in [0.29, 0.717) is 6.42 Å². The number of amides is 1. The molecule has 4 heteroatoms. The van der Waals surface area contributed by atoms with Gasteiger partial charge in [-0.2, -0.15) is 0 Å². The van der Waals surface area contributed by atoms with Gasteiger partial charge in [0.05, 0.1) is 0 Å². The molecule has 3 nitrogen and oxygen atoms in total. The number of benzene rings is 1. The fourth-order valence-corrected chi connectivity index (χ4v) is 2.18. The minimum Gasteiger partial charge on any atom is -0.341 e. The molecular formula is C14H21ClN2O. The number of halogens is 1. The molecule has 0 aromatic heterocycles. The summed E-state index contributed by atoms with van der Waals surface area (Å²) in [5.74, 6) is 0.235. The Hall–Kier alpha value is -1.06. The summed E-state index contributed by atoms with van der Waals surface area (Å²) in [7, 11) is 0. The zero-order valence-corrected chi connectivity index (χ0v) is 11.6. The highest BCUT2D eigenvalue weighted by atomic mass is 35.5. The maximum atomic E-state index is 11.9. The highest BCUT2D eigenvalue weighted by Gasteiger charge is 2.22. The fourth-order valence-electron chi connectivity index (χ4n) is 2.18. The molecule has 100 valence electrons. The number of carbonyl (C=O) groups excluding carboxylic acids is 1. The molecule has 1 fully saturated rings. The topological polar surface area (TPSA) is 46.3 Å². The van der Waals surface area contributed by atoms with Gasteiger partial charge in [-0.3, -0.25) is 4.79 Å². The number of nitrogens with zero attached hydrogens (tertiary/aromatic N) is 1. The first-order chi connectivity index (χ1) is 8.15. The van der Waals surface area contributed by atoms with Gasteiger partial charge in [-0.25, -0.2) is 0 Å². The van der Waals surface area contributed by atoms with E-state index in [1.807, 2.05) is 4.90 Å². The smallest absolute Gasteiger partial charge is 0.222 e. The molecule has 0 bridgehead atoms. The molecule has 1 amide bonds. The quantitative estimate of drug-likeness (QED) is 0.910. The van der Waals surface area contributed by atoms with Gasteiger partial charge in [0.15, 0.2) is 0 Å². The zero-order valence-electron chi connectivity index (χ0n) is 10.8. The van der Waals surface area contributed by atoms with Crippen LogP contribution in [0.2, 0.25) is 0 Å². The molecule has 1 aromatic rings. The number of hydrogen-bond acceptors (Lipinski definition) is 2. The van der Waals surface area contributed by atoms with Crippen molar-refractivity contribution in [3.63, 3.8) is 0 Å². The summed E-state index contributed by atoms with van der Waals surface area (Å²) >= 11 is 0. The van der Waals surface area contributed by atoms with Gasteiger partial charge in [0.25, 0.3) is 0 Å². The first-order valence-electron chi connectivity index (χ1n) is 6.24. The Morgan fingerprint density at radius 1 is 1.39 bits per heavy atom. The van der Waals surface area contributed by atoms with E-state index in [4.69, 9.17) is 5.73 Å². The van der Waals surface area contributed by atoms with E-state index < -0.39 is 0 Å². The minimum atomic E-state index is 0. The van der Waals surface area contributed by atoms with E-state index in [0.717, 1.165) is 25.9 Å². The number of likely N-dealkylation sites (tertiary alicyclic amines) is 1. The van der Waals surface area contributed by atoms with E-state index in [-0.39, 0.29) is 24.4 Å². The van der Waals surface area contributed by atoms with Gasteiger partial charge in [0.2, 0.25) is 5.91 Å². The van der Waals surface area contributed by atoms with E-state index in [9.17, 15) is 4.79 Å². The van der Waals surface area contributed by atoms with Crippen molar-refractivity contribution in [3.8, 4) is 0 Å². The van der Waals surface area contributed by atoms with Crippen molar-refractivity contribution >= 4 is 18.3 Å². The lowest BCUT2D eigenvalue weighted by Gasteiger charge is -2.15. The Bertz CT molecular complexity index is 391.